The lowest BCUT2D eigenvalue weighted by atomic mass is 10.0. The van der Waals surface area contributed by atoms with Gasteiger partial charge in [0.2, 0.25) is 10.0 Å². The zero-order valence-corrected chi connectivity index (χ0v) is 12.8. The van der Waals surface area contributed by atoms with Crippen LogP contribution in [0.15, 0.2) is 9.31 Å². The van der Waals surface area contributed by atoms with Gasteiger partial charge in [0, 0.05) is 24.2 Å². The van der Waals surface area contributed by atoms with Crippen LogP contribution in [0.1, 0.15) is 43.8 Å². The van der Waals surface area contributed by atoms with Gasteiger partial charge in [-0.25, -0.2) is 8.42 Å². The fourth-order valence-electron chi connectivity index (χ4n) is 2.92. The highest BCUT2D eigenvalue weighted by Crippen LogP contribution is 2.37. The molecule has 0 bridgehead atoms. The van der Waals surface area contributed by atoms with Crippen LogP contribution in [-0.2, 0) is 16.6 Å². The highest BCUT2D eigenvalue weighted by Gasteiger charge is 2.43. The van der Waals surface area contributed by atoms with Crippen molar-refractivity contribution >= 4 is 10.0 Å². The van der Waals surface area contributed by atoms with Crippen molar-refractivity contribution < 1.29 is 12.8 Å². The first-order chi connectivity index (χ1) is 8.71. The first-order valence-corrected chi connectivity index (χ1v) is 7.97. The Kier molecular flexibility index (Phi) is 3.53. The number of hydrogen-bond acceptors (Lipinski definition) is 4. The lowest BCUT2D eigenvalue weighted by Crippen LogP contribution is -2.43. The Morgan fingerprint density at radius 1 is 1.32 bits per heavy atom. The molecule has 0 aromatic carbocycles. The summed E-state index contributed by atoms with van der Waals surface area (Å²) in [5, 5.41) is 0. The molecule has 0 radical (unpaired) electrons. The minimum atomic E-state index is -3.54. The van der Waals surface area contributed by atoms with E-state index < -0.39 is 10.0 Å². The van der Waals surface area contributed by atoms with Gasteiger partial charge in [-0.3, -0.25) is 0 Å². The zero-order valence-electron chi connectivity index (χ0n) is 12.0. The minimum Gasteiger partial charge on any atom is -0.465 e. The van der Waals surface area contributed by atoms with Gasteiger partial charge < -0.3 is 10.2 Å². The summed E-state index contributed by atoms with van der Waals surface area (Å²) in [5.74, 6) is 1.02. The maximum atomic E-state index is 12.9. The Morgan fingerprint density at radius 2 is 1.95 bits per heavy atom. The second-order valence-electron chi connectivity index (χ2n) is 5.72. The molecule has 6 heteroatoms. The Hall–Kier alpha value is -0.850. The molecular formula is C13H22N2O3S. The van der Waals surface area contributed by atoms with Crippen molar-refractivity contribution in [2.24, 2.45) is 5.73 Å². The van der Waals surface area contributed by atoms with Crippen LogP contribution in [0.4, 0.5) is 0 Å². The third-order valence-electron chi connectivity index (χ3n) is 3.90. The summed E-state index contributed by atoms with van der Waals surface area (Å²) in [6.07, 6.45) is 1.76. The molecule has 5 nitrogen and oxygen atoms in total. The molecule has 2 rings (SSSR count). The number of nitrogens with zero attached hydrogens (tertiary/aromatic N) is 1. The first-order valence-electron chi connectivity index (χ1n) is 6.53. The summed E-state index contributed by atoms with van der Waals surface area (Å²) in [4.78, 5) is 0.266. The summed E-state index contributed by atoms with van der Waals surface area (Å²) in [7, 11) is -3.54. The molecule has 0 unspecified atom stereocenters. The van der Waals surface area contributed by atoms with Crippen LogP contribution in [0.5, 0.6) is 0 Å². The Bertz CT molecular complexity index is 587. The van der Waals surface area contributed by atoms with Crippen molar-refractivity contribution in [2.75, 3.05) is 6.54 Å². The molecule has 1 aromatic heterocycles. The summed E-state index contributed by atoms with van der Waals surface area (Å²) in [5.41, 5.74) is 5.94. The quantitative estimate of drug-likeness (QED) is 0.921. The fourth-order valence-corrected chi connectivity index (χ4v) is 5.20. The van der Waals surface area contributed by atoms with Gasteiger partial charge in [0.25, 0.3) is 0 Å². The number of aryl methyl sites for hydroxylation is 2. The maximum Gasteiger partial charge on any atom is 0.247 e. The molecule has 0 aliphatic carbocycles. The average molecular weight is 286 g/mol. The van der Waals surface area contributed by atoms with Crippen LogP contribution in [0, 0.1) is 13.8 Å². The van der Waals surface area contributed by atoms with Gasteiger partial charge in [0.05, 0.1) is 0 Å². The topological polar surface area (TPSA) is 76.5 Å². The van der Waals surface area contributed by atoms with Crippen molar-refractivity contribution in [3.8, 4) is 0 Å². The van der Waals surface area contributed by atoms with E-state index in [1.807, 2.05) is 13.8 Å². The van der Waals surface area contributed by atoms with Crippen LogP contribution in [-0.4, -0.2) is 24.8 Å². The van der Waals surface area contributed by atoms with E-state index in [0.717, 1.165) is 12.8 Å². The monoisotopic (exact) mass is 286 g/mol. The number of nitrogens with two attached hydrogens (primary N) is 1. The van der Waals surface area contributed by atoms with Crippen molar-refractivity contribution in [3.63, 3.8) is 0 Å². The zero-order chi connectivity index (χ0) is 14.4. The van der Waals surface area contributed by atoms with Gasteiger partial charge in [-0.1, -0.05) is 0 Å². The van der Waals surface area contributed by atoms with Gasteiger partial charge in [-0.2, -0.15) is 4.31 Å². The van der Waals surface area contributed by atoms with E-state index in [-0.39, 0.29) is 17.0 Å². The first kappa shape index (κ1) is 14.6. The second-order valence-corrected chi connectivity index (χ2v) is 7.52. The van der Waals surface area contributed by atoms with Gasteiger partial charge in [0.15, 0.2) is 0 Å². The lowest BCUT2D eigenvalue weighted by Gasteiger charge is -2.30. The largest absolute Gasteiger partial charge is 0.465 e. The normalized spacial score (nSPS) is 20.1. The SMILES string of the molecule is Cc1oc(C)c(S(=O)(=O)N2CCCC2(C)C)c1CN. The average Bonchev–Trinajstić information content (AvgIpc) is 2.78. The number of furan rings is 1. The van der Waals surface area contributed by atoms with Crippen molar-refractivity contribution in [1.82, 2.24) is 4.31 Å². The summed E-state index contributed by atoms with van der Waals surface area (Å²) in [6, 6.07) is 0. The highest BCUT2D eigenvalue weighted by atomic mass is 32.2. The Morgan fingerprint density at radius 3 is 2.42 bits per heavy atom. The number of sulfonamides is 1. The summed E-state index contributed by atoms with van der Waals surface area (Å²) >= 11 is 0. The van der Waals surface area contributed by atoms with E-state index in [2.05, 4.69) is 0 Å². The van der Waals surface area contributed by atoms with E-state index in [9.17, 15) is 8.42 Å². The molecule has 1 saturated heterocycles. The molecule has 0 spiro atoms. The predicted octanol–water partition coefficient (Wildman–Crippen LogP) is 1.92. The second kappa shape index (κ2) is 4.61. The van der Waals surface area contributed by atoms with Crippen LogP contribution in [0.2, 0.25) is 0 Å². The maximum absolute atomic E-state index is 12.9. The van der Waals surface area contributed by atoms with E-state index in [0.29, 0.717) is 23.6 Å². The molecule has 0 atom stereocenters. The highest BCUT2D eigenvalue weighted by molar-refractivity contribution is 7.89. The van der Waals surface area contributed by atoms with E-state index in [1.165, 1.54) is 0 Å². The molecule has 0 saturated carbocycles. The molecule has 1 aliphatic heterocycles. The smallest absolute Gasteiger partial charge is 0.247 e. The third kappa shape index (κ3) is 2.22. The molecule has 1 fully saturated rings. The number of rotatable bonds is 3. The molecule has 1 aliphatic rings. The van der Waals surface area contributed by atoms with Gasteiger partial charge in [-0.15, -0.1) is 0 Å². The van der Waals surface area contributed by atoms with Gasteiger partial charge in [0.1, 0.15) is 16.4 Å². The van der Waals surface area contributed by atoms with E-state index in [1.54, 1.807) is 18.2 Å². The minimum absolute atomic E-state index is 0.173. The molecule has 2 heterocycles. The molecule has 2 N–H and O–H groups in total. The van der Waals surface area contributed by atoms with Crippen molar-refractivity contribution in [1.29, 1.82) is 0 Å². The molecule has 1 aromatic rings. The van der Waals surface area contributed by atoms with E-state index in [4.69, 9.17) is 10.2 Å². The summed E-state index contributed by atoms with van der Waals surface area (Å²) < 4.78 is 32.8. The lowest BCUT2D eigenvalue weighted by molar-refractivity contribution is 0.291. The fraction of sp³-hybridized carbons (Fsp3) is 0.692. The molecule has 19 heavy (non-hydrogen) atoms. The van der Waals surface area contributed by atoms with Crippen molar-refractivity contribution in [2.45, 2.75) is 57.5 Å². The standard InChI is InChI=1S/C13H22N2O3S/c1-9-11(8-14)12(10(2)18-9)19(16,17)15-7-5-6-13(15,3)4/h5-8,14H2,1-4H3. The van der Waals surface area contributed by atoms with Gasteiger partial charge >= 0.3 is 0 Å². The third-order valence-corrected chi connectivity index (χ3v) is 6.21. The predicted molar refractivity (Wildman–Crippen MR) is 73.3 cm³/mol. The summed E-state index contributed by atoms with van der Waals surface area (Å²) in [6.45, 7) is 8.09. The van der Waals surface area contributed by atoms with Crippen LogP contribution < -0.4 is 5.73 Å². The van der Waals surface area contributed by atoms with Crippen LogP contribution in [0.25, 0.3) is 0 Å². The van der Waals surface area contributed by atoms with Gasteiger partial charge in [-0.05, 0) is 40.5 Å². The van der Waals surface area contributed by atoms with Crippen LogP contribution in [0.3, 0.4) is 0 Å². The van der Waals surface area contributed by atoms with Crippen LogP contribution >= 0.6 is 0 Å². The molecular weight excluding hydrogens is 264 g/mol. The Balaban J connectivity index is 2.58. The molecule has 0 amide bonds. The van der Waals surface area contributed by atoms with E-state index >= 15 is 0 Å². The molecule has 108 valence electrons. The Labute approximate surface area is 114 Å². The number of hydrogen-bond donors (Lipinski definition) is 1. The van der Waals surface area contributed by atoms with Crippen molar-refractivity contribution in [3.05, 3.63) is 17.1 Å².